The molecule has 222 valence electrons. The fourth-order valence-corrected chi connectivity index (χ4v) is 4.25. The summed E-state index contributed by atoms with van der Waals surface area (Å²) in [5.41, 5.74) is 0.111. The molecule has 2 saturated carbocycles. The summed E-state index contributed by atoms with van der Waals surface area (Å²) in [5, 5.41) is 17.1. The van der Waals surface area contributed by atoms with Crippen LogP contribution >= 0.6 is 0 Å². The van der Waals surface area contributed by atoms with Gasteiger partial charge in [-0.2, -0.15) is 0 Å². The highest BCUT2D eigenvalue weighted by Crippen LogP contribution is 2.16. The van der Waals surface area contributed by atoms with E-state index in [9.17, 15) is 14.4 Å². The molecule has 1 aromatic carbocycles. The van der Waals surface area contributed by atoms with Gasteiger partial charge in [0.1, 0.15) is 18.2 Å². The Balaban J connectivity index is 0.000000434. The predicted octanol–water partition coefficient (Wildman–Crippen LogP) is 6.16. The number of rotatable bonds is 8. The van der Waals surface area contributed by atoms with Gasteiger partial charge in [0, 0.05) is 12.6 Å². The Morgan fingerprint density at radius 2 is 1.44 bits per heavy atom. The van der Waals surface area contributed by atoms with Crippen molar-refractivity contribution in [3.8, 4) is 0 Å². The average Bonchev–Trinajstić information content (AvgIpc) is 2.93. The van der Waals surface area contributed by atoms with Crippen LogP contribution in [0.15, 0.2) is 30.3 Å². The Bertz CT molecular complexity index is 791. The lowest BCUT2D eigenvalue weighted by Crippen LogP contribution is -2.45. The SMILES string of the molecule is C1CCCCC1.CC(C)(C)OC(=O)N[C@@H](CCNC(=O)OCc1ccccc1)C(=O)O.CNC1CCCCC1. The fraction of sp³-hybridized carbons (Fsp3) is 0.700. The summed E-state index contributed by atoms with van der Waals surface area (Å²) in [6, 6.07) is 8.81. The van der Waals surface area contributed by atoms with E-state index < -0.39 is 29.8 Å². The first-order chi connectivity index (χ1) is 18.6. The molecule has 0 radical (unpaired) electrons. The lowest BCUT2D eigenvalue weighted by atomic mass is 9.96. The number of nitrogens with one attached hydrogen (secondary N) is 3. The molecule has 0 spiro atoms. The molecule has 39 heavy (non-hydrogen) atoms. The maximum absolute atomic E-state index is 11.6. The number of amides is 2. The van der Waals surface area contributed by atoms with Gasteiger partial charge in [-0.05, 0) is 52.6 Å². The number of carboxylic acid groups (broad SMARTS) is 1. The van der Waals surface area contributed by atoms with E-state index in [1.54, 1.807) is 20.8 Å². The molecule has 0 saturated heterocycles. The van der Waals surface area contributed by atoms with Crippen molar-refractivity contribution in [2.45, 2.75) is 122 Å². The summed E-state index contributed by atoms with van der Waals surface area (Å²) in [5.74, 6) is -1.22. The van der Waals surface area contributed by atoms with Gasteiger partial charge in [-0.25, -0.2) is 14.4 Å². The number of hydrogen-bond donors (Lipinski definition) is 4. The molecular formula is C30H51N3O6. The van der Waals surface area contributed by atoms with Gasteiger partial charge in [0.05, 0.1) is 0 Å². The van der Waals surface area contributed by atoms with Crippen LogP contribution < -0.4 is 16.0 Å². The zero-order valence-corrected chi connectivity index (χ0v) is 24.4. The quantitative estimate of drug-likeness (QED) is 0.306. The van der Waals surface area contributed by atoms with Gasteiger partial charge in [0.2, 0.25) is 0 Å². The monoisotopic (exact) mass is 549 g/mol. The molecule has 0 bridgehead atoms. The minimum atomic E-state index is -1.22. The molecule has 0 aromatic heterocycles. The van der Waals surface area contributed by atoms with E-state index in [0.717, 1.165) is 11.6 Å². The minimum Gasteiger partial charge on any atom is -0.480 e. The molecule has 2 aliphatic carbocycles. The van der Waals surface area contributed by atoms with Crippen molar-refractivity contribution in [2.24, 2.45) is 0 Å². The third kappa shape index (κ3) is 19.0. The lowest BCUT2D eigenvalue weighted by Gasteiger charge is -2.22. The van der Waals surface area contributed by atoms with Crippen molar-refractivity contribution in [3.63, 3.8) is 0 Å². The molecule has 2 fully saturated rings. The van der Waals surface area contributed by atoms with Crippen molar-refractivity contribution in [2.75, 3.05) is 13.6 Å². The number of carboxylic acids is 1. The van der Waals surface area contributed by atoms with E-state index in [2.05, 4.69) is 23.0 Å². The van der Waals surface area contributed by atoms with Crippen LogP contribution in [0.2, 0.25) is 0 Å². The Kier molecular flexibility index (Phi) is 17.7. The molecule has 9 heteroatoms. The highest BCUT2D eigenvalue weighted by atomic mass is 16.6. The third-order valence-corrected chi connectivity index (χ3v) is 6.42. The number of hydrogen-bond acceptors (Lipinski definition) is 6. The van der Waals surface area contributed by atoms with Gasteiger partial charge in [0.25, 0.3) is 0 Å². The Hall–Kier alpha value is -2.81. The summed E-state index contributed by atoms with van der Waals surface area (Å²) in [6.45, 7) is 5.16. The van der Waals surface area contributed by atoms with Gasteiger partial charge in [-0.1, -0.05) is 88.1 Å². The molecule has 3 rings (SSSR count). The molecule has 0 heterocycles. The maximum atomic E-state index is 11.6. The summed E-state index contributed by atoms with van der Waals surface area (Å²) < 4.78 is 10.0. The third-order valence-electron chi connectivity index (χ3n) is 6.42. The zero-order chi connectivity index (χ0) is 28.9. The van der Waals surface area contributed by atoms with Crippen LogP contribution in [0.1, 0.15) is 103 Å². The first-order valence-electron chi connectivity index (χ1n) is 14.4. The first-order valence-corrected chi connectivity index (χ1v) is 14.4. The van der Waals surface area contributed by atoms with Crippen molar-refractivity contribution in [1.29, 1.82) is 0 Å². The van der Waals surface area contributed by atoms with E-state index in [1.807, 2.05) is 30.3 Å². The average molecular weight is 550 g/mol. The van der Waals surface area contributed by atoms with E-state index in [-0.39, 0.29) is 19.6 Å². The first kappa shape index (κ1) is 34.2. The van der Waals surface area contributed by atoms with Gasteiger partial charge in [-0.3, -0.25) is 0 Å². The molecule has 4 N–H and O–H groups in total. The number of benzene rings is 1. The van der Waals surface area contributed by atoms with Gasteiger partial charge in [0.15, 0.2) is 0 Å². The van der Waals surface area contributed by atoms with Crippen LogP contribution in [0.3, 0.4) is 0 Å². The number of aliphatic carboxylic acids is 1. The summed E-state index contributed by atoms with van der Waals surface area (Å²) in [7, 11) is 2.07. The Labute approximate surface area is 234 Å². The van der Waals surface area contributed by atoms with Crippen LogP contribution in [-0.4, -0.2) is 54.5 Å². The molecule has 1 atom stereocenters. The number of carbonyl (C=O) groups is 3. The number of alkyl carbamates (subject to hydrolysis) is 2. The molecule has 0 unspecified atom stereocenters. The molecule has 1 aromatic rings. The smallest absolute Gasteiger partial charge is 0.408 e. The summed E-state index contributed by atoms with van der Waals surface area (Å²) in [4.78, 5) is 34.4. The molecule has 9 nitrogen and oxygen atoms in total. The predicted molar refractivity (Wildman–Crippen MR) is 154 cm³/mol. The molecule has 2 amide bonds. The van der Waals surface area contributed by atoms with E-state index >= 15 is 0 Å². The van der Waals surface area contributed by atoms with Crippen LogP contribution in [0.5, 0.6) is 0 Å². The van der Waals surface area contributed by atoms with Crippen LogP contribution in [0, 0.1) is 0 Å². The van der Waals surface area contributed by atoms with Crippen molar-refractivity contribution in [1.82, 2.24) is 16.0 Å². The topological polar surface area (TPSA) is 126 Å². The molecule has 0 aliphatic heterocycles. The molecule has 2 aliphatic rings. The van der Waals surface area contributed by atoms with Crippen LogP contribution in [0.4, 0.5) is 9.59 Å². The van der Waals surface area contributed by atoms with Gasteiger partial charge < -0.3 is 30.5 Å². The van der Waals surface area contributed by atoms with E-state index in [4.69, 9.17) is 14.6 Å². The van der Waals surface area contributed by atoms with Gasteiger partial charge >= 0.3 is 18.2 Å². The van der Waals surface area contributed by atoms with Crippen LogP contribution in [-0.2, 0) is 20.9 Å². The van der Waals surface area contributed by atoms with E-state index in [1.165, 1.54) is 70.6 Å². The number of carbonyl (C=O) groups excluding carboxylic acids is 2. The van der Waals surface area contributed by atoms with Gasteiger partial charge in [-0.15, -0.1) is 0 Å². The van der Waals surface area contributed by atoms with Crippen LogP contribution in [0.25, 0.3) is 0 Å². The normalized spacial score (nSPS) is 16.2. The maximum Gasteiger partial charge on any atom is 0.408 e. The number of ether oxygens (including phenoxy) is 2. The van der Waals surface area contributed by atoms with E-state index in [0.29, 0.717) is 0 Å². The summed E-state index contributed by atoms with van der Waals surface area (Å²) >= 11 is 0. The highest BCUT2D eigenvalue weighted by molar-refractivity contribution is 5.80. The molecular weight excluding hydrogens is 498 g/mol. The van der Waals surface area contributed by atoms with Crippen molar-refractivity contribution >= 4 is 18.2 Å². The second-order valence-corrected chi connectivity index (χ2v) is 11.1. The lowest BCUT2D eigenvalue weighted by molar-refractivity contribution is -0.139. The second kappa shape index (κ2) is 20.1. The Morgan fingerprint density at radius 1 is 0.897 bits per heavy atom. The largest absolute Gasteiger partial charge is 0.480 e. The highest BCUT2D eigenvalue weighted by Gasteiger charge is 2.23. The minimum absolute atomic E-state index is 0.00495. The second-order valence-electron chi connectivity index (χ2n) is 11.1. The van der Waals surface area contributed by atoms with Crippen molar-refractivity contribution in [3.05, 3.63) is 35.9 Å². The van der Waals surface area contributed by atoms with Crippen molar-refractivity contribution < 1.29 is 29.0 Å². The zero-order valence-electron chi connectivity index (χ0n) is 24.4. The standard InChI is InChI=1S/C17H24N2O6.C7H15N.C6H12/c1-17(2,3)25-16(23)19-13(14(20)21)9-10-18-15(22)24-11-12-7-5-4-6-8-12;1-8-7-5-3-2-4-6-7;1-2-4-6-5-3-1/h4-8,13H,9-11H2,1-3H3,(H,18,22)(H,19,23)(H,20,21);7-8H,2-6H2,1H3;1-6H2/t13-;;/m0../s1. The Morgan fingerprint density at radius 3 is 1.90 bits per heavy atom. The summed E-state index contributed by atoms with van der Waals surface area (Å²) in [6.07, 6.45) is 14.6. The fourth-order valence-electron chi connectivity index (χ4n) is 4.25.